The number of hydrogen-bond donors (Lipinski definition) is 0. The molecule has 0 aliphatic heterocycles. The highest BCUT2D eigenvalue weighted by Gasteiger charge is 2.23. The van der Waals surface area contributed by atoms with Crippen LogP contribution in [0.1, 0.15) is 5.56 Å². The van der Waals surface area contributed by atoms with E-state index >= 15 is 0 Å². The van der Waals surface area contributed by atoms with Crippen LogP contribution in [0.5, 0.6) is 0 Å². The van der Waals surface area contributed by atoms with Crippen molar-refractivity contribution in [1.29, 1.82) is 0 Å². The smallest absolute Gasteiger partial charge is 0.197 e. The highest BCUT2D eigenvalue weighted by molar-refractivity contribution is 7.90. The Bertz CT molecular complexity index is 1260. The van der Waals surface area contributed by atoms with Gasteiger partial charge in [0.25, 0.3) is 0 Å². The first-order chi connectivity index (χ1) is 13.1. The van der Waals surface area contributed by atoms with Crippen LogP contribution in [-0.2, 0) is 15.6 Å². The number of sulfone groups is 1. The molecule has 0 unspecified atom stereocenters. The first-order valence-corrected chi connectivity index (χ1v) is 10.1. The van der Waals surface area contributed by atoms with Gasteiger partial charge in [0.15, 0.2) is 15.3 Å². The molecule has 0 saturated carbocycles. The minimum Gasteiger partial charge on any atom is -0.455 e. The normalized spacial score (nSPS) is 11.6. The molecule has 0 atom stereocenters. The predicted molar refractivity (Wildman–Crippen MR) is 105 cm³/mol. The molecule has 4 nitrogen and oxygen atoms in total. The maximum atomic E-state index is 13.1. The molecule has 4 aromatic rings. The van der Waals surface area contributed by atoms with Gasteiger partial charge in [-0.3, -0.25) is 4.79 Å². The van der Waals surface area contributed by atoms with Crippen molar-refractivity contribution in [3.8, 4) is 11.3 Å². The van der Waals surface area contributed by atoms with E-state index in [1.54, 1.807) is 54.6 Å². The van der Waals surface area contributed by atoms with Gasteiger partial charge in [-0.2, -0.15) is 0 Å². The molecule has 0 N–H and O–H groups in total. The standard InChI is InChI=1S/C22H16O4S/c23-21-18-13-7-8-14-20(18)26-22(16-9-3-1-4-10-16)19(21)15-27(24,25)17-11-5-2-6-12-17/h1-14H,15H2. The van der Waals surface area contributed by atoms with Crippen molar-refractivity contribution < 1.29 is 12.8 Å². The Hall–Kier alpha value is -3.18. The van der Waals surface area contributed by atoms with Crippen LogP contribution >= 0.6 is 0 Å². The lowest BCUT2D eigenvalue weighted by Crippen LogP contribution is -2.16. The second kappa shape index (κ2) is 6.85. The fraction of sp³-hybridized carbons (Fsp3) is 0.0455. The lowest BCUT2D eigenvalue weighted by atomic mass is 10.1. The second-order valence-corrected chi connectivity index (χ2v) is 8.16. The summed E-state index contributed by atoms with van der Waals surface area (Å²) in [6.07, 6.45) is 0. The third-order valence-corrected chi connectivity index (χ3v) is 6.02. The minimum absolute atomic E-state index is 0.142. The Morgan fingerprint density at radius 2 is 1.33 bits per heavy atom. The molecule has 0 bridgehead atoms. The molecule has 4 rings (SSSR count). The van der Waals surface area contributed by atoms with Crippen molar-refractivity contribution in [2.75, 3.05) is 0 Å². The Balaban J connectivity index is 1.96. The number of fused-ring (bicyclic) bond motifs is 1. The monoisotopic (exact) mass is 376 g/mol. The average Bonchev–Trinajstić information content (AvgIpc) is 2.71. The van der Waals surface area contributed by atoms with Crippen LogP contribution in [0.4, 0.5) is 0 Å². The molecule has 0 aliphatic rings. The fourth-order valence-corrected chi connectivity index (χ4v) is 4.42. The van der Waals surface area contributed by atoms with Crippen molar-refractivity contribution >= 4 is 20.8 Å². The molecule has 1 aromatic heterocycles. The summed E-state index contributed by atoms with van der Waals surface area (Å²) in [5.74, 6) is -0.132. The summed E-state index contributed by atoms with van der Waals surface area (Å²) >= 11 is 0. The fourth-order valence-electron chi connectivity index (χ4n) is 3.04. The molecule has 0 saturated heterocycles. The highest BCUT2D eigenvalue weighted by atomic mass is 32.2. The summed E-state index contributed by atoms with van der Waals surface area (Å²) in [7, 11) is -3.69. The van der Waals surface area contributed by atoms with Crippen molar-refractivity contribution in [2.24, 2.45) is 0 Å². The van der Waals surface area contributed by atoms with Gasteiger partial charge in [-0.25, -0.2) is 8.42 Å². The molecule has 3 aromatic carbocycles. The van der Waals surface area contributed by atoms with Gasteiger partial charge in [0.2, 0.25) is 0 Å². The number of rotatable bonds is 4. The lowest BCUT2D eigenvalue weighted by molar-refractivity contribution is 0.589. The topological polar surface area (TPSA) is 64.3 Å². The van der Waals surface area contributed by atoms with Crippen LogP contribution in [0, 0.1) is 0 Å². The summed E-state index contributed by atoms with van der Waals surface area (Å²) in [6.45, 7) is 0. The molecule has 0 aliphatic carbocycles. The second-order valence-electron chi connectivity index (χ2n) is 6.17. The SMILES string of the molecule is O=c1c(CS(=O)(=O)c2ccccc2)c(-c2ccccc2)oc2ccccc12. The Morgan fingerprint density at radius 1 is 0.741 bits per heavy atom. The Morgan fingerprint density at radius 3 is 2.04 bits per heavy atom. The van der Waals surface area contributed by atoms with E-state index in [1.807, 2.05) is 18.2 Å². The first-order valence-electron chi connectivity index (χ1n) is 8.44. The van der Waals surface area contributed by atoms with Gasteiger partial charge < -0.3 is 4.42 Å². The van der Waals surface area contributed by atoms with Gasteiger partial charge in [-0.05, 0) is 24.3 Å². The molecule has 5 heteroatoms. The molecule has 0 spiro atoms. The van der Waals surface area contributed by atoms with Crippen molar-refractivity contribution in [3.05, 3.63) is 101 Å². The van der Waals surface area contributed by atoms with E-state index in [4.69, 9.17) is 4.42 Å². The van der Waals surface area contributed by atoms with Gasteiger partial charge in [0.1, 0.15) is 11.3 Å². The van der Waals surface area contributed by atoms with Gasteiger partial charge in [0.05, 0.1) is 21.6 Å². The third-order valence-electron chi connectivity index (χ3n) is 4.36. The van der Waals surface area contributed by atoms with Crippen molar-refractivity contribution in [3.63, 3.8) is 0 Å². The largest absolute Gasteiger partial charge is 0.455 e. The quantitative estimate of drug-likeness (QED) is 0.528. The molecule has 134 valence electrons. The molecular formula is C22H16O4S. The maximum Gasteiger partial charge on any atom is 0.197 e. The van der Waals surface area contributed by atoms with E-state index in [2.05, 4.69) is 0 Å². The van der Waals surface area contributed by atoms with Crippen molar-refractivity contribution in [2.45, 2.75) is 10.6 Å². The summed E-state index contributed by atoms with van der Waals surface area (Å²) in [6, 6.07) is 24.1. The minimum atomic E-state index is -3.69. The van der Waals surface area contributed by atoms with Gasteiger partial charge in [-0.1, -0.05) is 60.7 Å². The Labute approximate surface area is 156 Å². The Kier molecular flexibility index (Phi) is 4.38. The van der Waals surface area contributed by atoms with Crippen LogP contribution in [0.3, 0.4) is 0 Å². The molecule has 0 radical (unpaired) electrons. The van der Waals surface area contributed by atoms with Crippen LogP contribution in [0.25, 0.3) is 22.3 Å². The first kappa shape index (κ1) is 17.2. The van der Waals surface area contributed by atoms with Crippen molar-refractivity contribution in [1.82, 2.24) is 0 Å². The van der Waals surface area contributed by atoms with E-state index in [1.165, 1.54) is 12.1 Å². The van der Waals surface area contributed by atoms with E-state index in [9.17, 15) is 13.2 Å². The van der Waals surface area contributed by atoms with E-state index < -0.39 is 15.6 Å². The van der Waals surface area contributed by atoms with Gasteiger partial charge in [-0.15, -0.1) is 0 Å². The summed E-state index contributed by atoms with van der Waals surface area (Å²) in [4.78, 5) is 13.3. The van der Waals surface area contributed by atoms with Crippen LogP contribution in [0.15, 0.2) is 99.0 Å². The lowest BCUT2D eigenvalue weighted by Gasteiger charge is -2.11. The van der Waals surface area contributed by atoms with E-state index in [-0.39, 0.29) is 15.9 Å². The molecule has 1 heterocycles. The summed E-state index contributed by atoms with van der Waals surface area (Å²) in [5.41, 5.74) is 0.916. The van der Waals surface area contributed by atoms with Crippen LogP contribution < -0.4 is 5.43 Å². The van der Waals surface area contributed by atoms with E-state index in [0.29, 0.717) is 22.3 Å². The molecule has 0 fully saturated rings. The molecule has 0 amide bonds. The maximum absolute atomic E-state index is 13.1. The zero-order chi connectivity index (χ0) is 18.9. The highest BCUT2D eigenvalue weighted by Crippen LogP contribution is 2.28. The molecular weight excluding hydrogens is 360 g/mol. The zero-order valence-electron chi connectivity index (χ0n) is 14.3. The number of hydrogen-bond acceptors (Lipinski definition) is 4. The summed E-state index contributed by atoms with van der Waals surface area (Å²) < 4.78 is 31.8. The summed E-state index contributed by atoms with van der Waals surface area (Å²) in [5, 5.41) is 0.371. The van der Waals surface area contributed by atoms with Gasteiger partial charge in [0, 0.05) is 5.56 Å². The molecule has 27 heavy (non-hydrogen) atoms. The van der Waals surface area contributed by atoms with Crippen LogP contribution in [0.2, 0.25) is 0 Å². The zero-order valence-corrected chi connectivity index (χ0v) is 15.1. The average molecular weight is 376 g/mol. The predicted octanol–water partition coefficient (Wildman–Crippen LogP) is 4.43. The number of benzene rings is 3. The third kappa shape index (κ3) is 3.29. The van der Waals surface area contributed by atoms with E-state index in [0.717, 1.165) is 0 Å². The number of para-hydroxylation sites is 1. The van der Waals surface area contributed by atoms with Gasteiger partial charge >= 0.3 is 0 Å². The van der Waals surface area contributed by atoms with Crippen LogP contribution in [-0.4, -0.2) is 8.42 Å².